The number of allylic oxidation sites excluding steroid dienone is 20. The molecule has 0 heterocycles. The average molecular weight is 899 g/mol. The Morgan fingerprint density at radius 3 is 1.00 bits per heavy atom. The van der Waals surface area contributed by atoms with Gasteiger partial charge in [0.15, 0.2) is 6.10 Å². The second-order valence-corrected chi connectivity index (χ2v) is 16.7. The molecular formula is C59H94O6. The minimum absolute atomic E-state index is 0.114. The largest absolute Gasteiger partial charge is 0.462 e. The van der Waals surface area contributed by atoms with Gasteiger partial charge in [-0.15, -0.1) is 0 Å². The zero-order valence-electron chi connectivity index (χ0n) is 41.7. The Morgan fingerprint density at radius 2 is 0.615 bits per heavy atom. The molecule has 0 aliphatic carbocycles. The van der Waals surface area contributed by atoms with Crippen molar-refractivity contribution in [3.63, 3.8) is 0 Å². The van der Waals surface area contributed by atoms with Crippen molar-refractivity contribution in [1.29, 1.82) is 0 Å². The fraction of sp³-hybridized carbons (Fsp3) is 0.610. The zero-order valence-corrected chi connectivity index (χ0v) is 41.7. The molecule has 0 radical (unpaired) electrons. The molecule has 1 atom stereocenters. The Morgan fingerprint density at radius 1 is 0.323 bits per heavy atom. The van der Waals surface area contributed by atoms with Crippen LogP contribution in [-0.2, 0) is 28.6 Å². The van der Waals surface area contributed by atoms with E-state index >= 15 is 0 Å². The highest BCUT2D eigenvalue weighted by atomic mass is 16.6. The summed E-state index contributed by atoms with van der Waals surface area (Å²) in [6.45, 7) is 6.29. The maximum atomic E-state index is 12.8. The quantitative estimate of drug-likeness (QED) is 0.0262. The maximum Gasteiger partial charge on any atom is 0.306 e. The summed E-state index contributed by atoms with van der Waals surface area (Å²) in [4.78, 5) is 38.0. The van der Waals surface area contributed by atoms with Crippen LogP contribution in [0.3, 0.4) is 0 Å². The molecule has 0 aliphatic rings. The standard InChI is InChI=1S/C59H94O6/c1-4-7-10-13-16-19-22-25-28-29-32-34-37-40-43-46-49-52-58(61)64-55-56(65-59(62)53-50-47-44-41-38-35-31-27-24-21-18-15-12-9-6-3)54-63-57(60)51-48-45-42-39-36-33-30-26-23-20-17-14-11-8-5-2/h7-8,10-11,16-21,25-28,30-32,34,40,43,56H,4-6,9,12-15,22-24,29,33,35-39,41-42,44-55H2,1-3H3/b10-7-,11-8-,19-16-,20-17-,21-18-,28-25-,30-26-,31-27-,34-32-,43-40-/t56-/m0/s1. The molecule has 0 fully saturated rings. The summed E-state index contributed by atoms with van der Waals surface area (Å²) in [5, 5.41) is 0. The number of ether oxygens (including phenoxy) is 3. The van der Waals surface area contributed by atoms with E-state index < -0.39 is 6.10 Å². The van der Waals surface area contributed by atoms with Gasteiger partial charge in [-0.05, 0) is 122 Å². The van der Waals surface area contributed by atoms with E-state index in [4.69, 9.17) is 14.2 Å². The Kier molecular flexibility index (Phi) is 49.1. The van der Waals surface area contributed by atoms with Crippen molar-refractivity contribution >= 4 is 17.9 Å². The maximum absolute atomic E-state index is 12.8. The van der Waals surface area contributed by atoms with Crippen LogP contribution in [0, 0.1) is 0 Å². The van der Waals surface area contributed by atoms with E-state index in [0.717, 1.165) is 141 Å². The summed E-state index contributed by atoms with van der Waals surface area (Å²) in [5.41, 5.74) is 0. The highest BCUT2D eigenvalue weighted by Gasteiger charge is 2.19. The van der Waals surface area contributed by atoms with Crippen LogP contribution in [-0.4, -0.2) is 37.2 Å². The second kappa shape index (κ2) is 52.4. The lowest BCUT2D eigenvalue weighted by Gasteiger charge is -2.18. The molecule has 0 amide bonds. The van der Waals surface area contributed by atoms with Crippen LogP contribution in [0.1, 0.15) is 213 Å². The fourth-order valence-corrected chi connectivity index (χ4v) is 6.58. The summed E-state index contributed by atoms with van der Waals surface area (Å²) in [6.07, 6.45) is 71.8. The van der Waals surface area contributed by atoms with Gasteiger partial charge in [-0.2, -0.15) is 0 Å². The lowest BCUT2D eigenvalue weighted by molar-refractivity contribution is -0.167. The number of rotatable bonds is 45. The van der Waals surface area contributed by atoms with Crippen molar-refractivity contribution in [1.82, 2.24) is 0 Å². The molecule has 0 unspecified atom stereocenters. The number of hydrogen-bond acceptors (Lipinski definition) is 6. The first-order chi connectivity index (χ1) is 32.0. The molecule has 0 rings (SSSR count). The van der Waals surface area contributed by atoms with Gasteiger partial charge in [0, 0.05) is 19.3 Å². The number of esters is 3. The minimum atomic E-state index is -0.819. The first-order valence-electron chi connectivity index (χ1n) is 26.0. The van der Waals surface area contributed by atoms with E-state index in [2.05, 4.69) is 142 Å². The summed E-state index contributed by atoms with van der Waals surface area (Å²) < 4.78 is 16.7. The third-order valence-electron chi connectivity index (χ3n) is 10.4. The molecule has 0 aromatic carbocycles. The molecule has 0 bridgehead atoms. The molecule has 0 aromatic rings. The molecule has 6 nitrogen and oxygen atoms in total. The van der Waals surface area contributed by atoms with E-state index in [1.165, 1.54) is 25.7 Å². The van der Waals surface area contributed by atoms with Crippen LogP contribution in [0.25, 0.3) is 0 Å². The minimum Gasteiger partial charge on any atom is -0.462 e. The van der Waals surface area contributed by atoms with Crippen LogP contribution in [0.4, 0.5) is 0 Å². The number of carbonyl (C=O) groups excluding carboxylic acids is 3. The lowest BCUT2D eigenvalue weighted by atomic mass is 10.1. The third kappa shape index (κ3) is 50.7. The van der Waals surface area contributed by atoms with Crippen molar-refractivity contribution in [2.24, 2.45) is 0 Å². The summed E-state index contributed by atoms with van der Waals surface area (Å²) in [5.74, 6) is -1.01. The van der Waals surface area contributed by atoms with Gasteiger partial charge in [0.05, 0.1) is 0 Å². The Labute approximate surface area is 399 Å². The van der Waals surface area contributed by atoms with Crippen molar-refractivity contribution in [3.8, 4) is 0 Å². The zero-order chi connectivity index (χ0) is 47.2. The summed E-state index contributed by atoms with van der Waals surface area (Å²) in [6, 6.07) is 0. The molecule has 0 aromatic heterocycles. The molecule has 0 N–H and O–H groups in total. The topological polar surface area (TPSA) is 78.9 Å². The van der Waals surface area contributed by atoms with Crippen LogP contribution in [0.2, 0.25) is 0 Å². The van der Waals surface area contributed by atoms with Crippen LogP contribution in [0.15, 0.2) is 122 Å². The molecule has 0 saturated carbocycles. The van der Waals surface area contributed by atoms with Crippen molar-refractivity contribution in [2.45, 2.75) is 219 Å². The average Bonchev–Trinajstić information content (AvgIpc) is 3.30. The van der Waals surface area contributed by atoms with Gasteiger partial charge in [-0.3, -0.25) is 14.4 Å². The smallest absolute Gasteiger partial charge is 0.306 e. The van der Waals surface area contributed by atoms with E-state index in [1.54, 1.807) is 0 Å². The third-order valence-corrected chi connectivity index (χ3v) is 10.4. The highest BCUT2D eigenvalue weighted by Crippen LogP contribution is 2.12. The first-order valence-corrected chi connectivity index (χ1v) is 26.0. The number of hydrogen-bond donors (Lipinski definition) is 0. The van der Waals surface area contributed by atoms with Crippen LogP contribution in [0.5, 0.6) is 0 Å². The Balaban J connectivity index is 4.55. The fourth-order valence-electron chi connectivity index (χ4n) is 6.58. The lowest BCUT2D eigenvalue weighted by Crippen LogP contribution is -2.30. The molecule has 366 valence electrons. The van der Waals surface area contributed by atoms with Crippen LogP contribution >= 0.6 is 0 Å². The molecular weight excluding hydrogens is 805 g/mol. The van der Waals surface area contributed by atoms with Gasteiger partial charge in [-0.1, -0.05) is 194 Å². The summed E-state index contributed by atoms with van der Waals surface area (Å²) >= 11 is 0. The van der Waals surface area contributed by atoms with Gasteiger partial charge in [0.2, 0.25) is 0 Å². The van der Waals surface area contributed by atoms with E-state index in [0.29, 0.717) is 19.3 Å². The number of carbonyl (C=O) groups is 3. The van der Waals surface area contributed by atoms with Gasteiger partial charge >= 0.3 is 17.9 Å². The number of unbranched alkanes of at least 4 members (excludes halogenated alkanes) is 14. The van der Waals surface area contributed by atoms with Gasteiger partial charge in [0.25, 0.3) is 0 Å². The van der Waals surface area contributed by atoms with Crippen molar-refractivity contribution in [3.05, 3.63) is 122 Å². The van der Waals surface area contributed by atoms with E-state index in [-0.39, 0.29) is 37.5 Å². The monoisotopic (exact) mass is 899 g/mol. The van der Waals surface area contributed by atoms with Crippen LogP contribution < -0.4 is 0 Å². The summed E-state index contributed by atoms with van der Waals surface area (Å²) in [7, 11) is 0. The molecule has 0 aliphatic heterocycles. The molecule has 6 heteroatoms. The molecule has 0 saturated heterocycles. The van der Waals surface area contributed by atoms with E-state index in [1.807, 2.05) is 0 Å². The van der Waals surface area contributed by atoms with Crippen molar-refractivity contribution in [2.75, 3.05) is 13.2 Å². The van der Waals surface area contributed by atoms with Crippen molar-refractivity contribution < 1.29 is 28.6 Å². The Hall–Kier alpha value is -4.19. The Bertz CT molecular complexity index is 1400. The predicted molar refractivity (Wildman–Crippen MR) is 279 cm³/mol. The predicted octanol–water partition coefficient (Wildman–Crippen LogP) is 17.3. The van der Waals surface area contributed by atoms with Gasteiger partial charge in [-0.25, -0.2) is 0 Å². The van der Waals surface area contributed by atoms with Gasteiger partial charge < -0.3 is 14.2 Å². The molecule has 65 heavy (non-hydrogen) atoms. The first kappa shape index (κ1) is 60.8. The van der Waals surface area contributed by atoms with Gasteiger partial charge in [0.1, 0.15) is 13.2 Å². The molecule has 0 spiro atoms. The van der Waals surface area contributed by atoms with E-state index in [9.17, 15) is 14.4 Å². The normalized spacial score (nSPS) is 13.1. The highest BCUT2D eigenvalue weighted by molar-refractivity contribution is 5.71. The SMILES string of the molecule is CC/C=C\C/C=C\C/C=C\C/C=C\C/C=C\CCCC(=O)OC[C@H](COC(=O)CCCCCCC/C=C\C/C=C\C/C=C\CC)OC(=O)CCCCCCC/C=C\C/C=C\CCCCC. The second-order valence-electron chi connectivity index (χ2n) is 16.7.